The fourth-order valence-corrected chi connectivity index (χ4v) is 2.71. The molecule has 1 heterocycles. The summed E-state index contributed by atoms with van der Waals surface area (Å²) in [7, 11) is 0. The van der Waals surface area contributed by atoms with E-state index in [1.807, 2.05) is 41.2 Å². The van der Waals surface area contributed by atoms with Crippen molar-refractivity contribution in [3.8, 4) is 0 Å². The molecule has 1 N–H and O–H groups in total. The number of carbonyl (C=O) groups excluding carboxylic acids is 1. The molecular weight excluding hydrogens is 286 g/mol. The molecule has 0 aliphatic heterocycles. The summed E-state index contributed by atoms with van der Waals surface area (Å²) < 4.78 is 1.87. The molecule has 21 heavy (non-hydrogen) atoms. The molecule has 5 heteroatoms. The molecule has 4 nitrogen and oxygen atoms in total. The van der Waals surface area contributed by atoms with Crippen LogP contribution in [-0.4, -0.2) is 22.2 Å². The maximum atomic E-state index is 12.4. The van der Waals surface area contributed by atoms with Crippen LogP contribution in [-0.2, 0) is 16.8 Å². The molecule has 110 valence electrons. The van der Waals surface area contributed by atoms with Crippen LogP contribution in [0, 0.1) is 0 Å². The highest BCUT2D eigenvalue weighted by atomic mass is 35.5. The number of hydrogen-bond acceptors (Lipinski definition) is 2. The van der Waals surface area contributed by atoms with Gasteiger partial charge in [0.05, 0.1) is 5.41 Å². The van der Waals surface area contributed by atoms with Crippen molar-refractivity contribution in [2.75, 3.05) is 6.54 Å². The molecule has 1 aromatic heterocycles. The largest absolute Gasteiger partial charge is 0.355 e. The molecule has 0 saturated heterocycles. The van der Waals surface area contributed by atoms with Gasteiger partial charge in [0.2, 0.25) is 5.91 Å². The predicted octanol–water partition coefficient (Wildman–Crippen LogP) is 2.77. The van der Waals surface area contributed by atoms with Crippen molar-refractivity contribution in [2.45, 2.75) is 31.2 Å². The smallest absolute Gasteiger partial charge is 0.230 e. The summed E-state index contributed by atoms with van der Waals surface area (Å²) in [5.74, 6) is 0.130. The van der Waals surface area contributed by atoms with Crippen LogP contribution in [0.5, 0.6) is 0 Å². The molecule has 2 aromatic rings. The first-order chi connectivity index (χ1) is 10.2. The Morgan fingerprint density at radius 3 is 2.71 bits per heavy atom. The van der Waals surface area contributed by atoms with Crippen molar-refractivity contribution in [1.29, 1.82) is 0 Å². The van der Waals surface area contributed by atoms with E-state index in [0.29, 0.717) is 11.6 Å². The molecule has 0 radical (unpaired) electrons. The monoisotopic (exact) mass is 303 g/mol. The third-order valence-electron chi connectivity index (χ3n) is 3.99. The Labute approximate surface area is 129 Å². The topological polar surface area (TPSA) is 46.9 Å². The first-order valence-corrected chi connectivity index (χ1v) is 7.60. The standard InChI is InChI=1S/C16H18ClN3O/c17-14-5-3-13(4-6-14)16(7-8-16)15(21)18-9-1-11-20-12-2-10-19-20/h2-6,10,12H,1,7-9,11H2,(H,18,21). The van der Waals surface area contributed by atoms with Crippen molar-refractivity contribution < 1.29 is 4.79 Å². The van der Waals surface area contributed by atoms with Gasteiger partial charge in [0.25, 0.3) is 0 Å². The average Bonchev–Trinajstić information content (AvgIpc) is 3.14. The lowest BCUT2D eigenvalue weighted by Gasteiger charge is -2.16. The number of halogens is 1. The van der Waals surface area contributed by atoms with E-state index in [1.54, 1.807) is 6.20 Å². The maximum absolute atomic E-state index is 12.4. The van der Waals surface area contributed by atoms with E-state index in [2.05, 4.69) is 10.4 Å². The van der Waals surface area contributed by atoms with Gasteiger partial charge in [0.1, 0.15) is 0 Å². The van der Waals surface area contributed by atoms with Crippen LogP contribution in [0.15, 0.2) is 42.7 Å². The Balaban J connectivity index is 1.52. The predicted molar refractivity (Wildman–Crippen MR) is 82.2 cm³/mol. The molecule has 1 aliphatic rings. The second kappa shape index (κ2) is 5.90. The van der Waals surface area contributed by atoms with E-state index in [-0.39, 0.29) is 11.3 Å². The zero-order valence-electron chi connectivity index (χ0n) is 11.8. The van der Waals surface area contributed by atoms with Crippen LogP contribution in [0.3, 0.4) is 0 Å². The SMILES string of the molecule is O=C(NCCCn1cccn1)C1(c2ccc(Cl)cc2)CC1. The van der Waals surface area contributed by atoms with Crippen LogP contribution in [0.25, 0.3) is 0 Å². The number of nitrogens with zero attached hydrogens (tertiary/aromatic N) is 2. The van der Waals surface area contributed by atoms with Crippen molar-refractivity contribution in [3.63, 3.8) is 0 Å². The van der Waals surface area contributed by atoms with Crippen LogP contribution in [0.4, 0.5) is 0 Å². The molecule has 0 spiro atoms. The van der Waals surface area contributed by atoms with Gasteiger partial charge < -0.3 is 5.32 Å². The van der Waals surface area contributed by atoms with Gasteiger partial charge in [0, 0.05) is 30.5 Å². The summed E-state index contributed by atoms with van der Waals surface area (Å²) in [4.78, 5) is 12.4. The molecule has 0 atom stereocenters. The lowest BCUT2D eigenvalue weighted by Crippen LogP contribution is -2.35. The number of carbonyl (C=O) groups is 1. The van der Waals surface area contributed by atoms with E-state index in [4.69, 9.17) is 11.6 Å². The molecule has 1 fully saturated rings. The molecular formula is C16H18ClN3O. The van der Waals surface area contributed by atoms with Crippen LogP contribution in [0.1, 0.15) is 24.8 Å². The number of nitrogens with one attached hydrogen (secondary N) is 1. The number of benzene rings is 1. The number of amides is 1. The van der Waals surface area contributed by atoms with Gasteiger partial charge in [-0.2, -0.15) is 5.10 Å². The lowest BCUT2D eigenvalue weighted by molar-refractivity contribution is -0.123. The maximum Gasteiger partial charge on any atom is 0.230 e. The van der Waals surface area contributed by atoms with Gasteiger partial charge in [-0.25, -0.2) is 0 Å². The zero-order valence-corrected chi connectivity index (χ0v) is 12.5. The summed E-state index contributed by atoms with van der Waals surface area (Å²) in [6.07, 6.45) is 6.40. The number of rotatable bonds is 6. The molecule has 1 aliphatic carbocycles. The van der Waals surface area contributed by atoms with Crippen molar-refractivity contribution in [3.05, 3.63) is 53.3 Å². The Morgan fingerprint density at radius 2 is 2.10 bits per heavy atom. The number of aryl methyl sites for hydroxylation is 1. The lowest BCUT2D eigenvalue weighted by atomic mass is 9.95. The molecule has 1 amide bonds. The van der Waals surface area contributed by atoms with E-state index in [0.717, 1.165) is 31.4 Å². The molecule has 1 saturated carbocycles. The third-order valence-corrected chi connectivity index (χ3v) is 4.24. The van der Waals surface area contributed by atoms with Gasteiger partial charge >= 0.3 is 0 Å². The quantitative estimate of drug-likeness (QED) is 0.834. The average molecular weight is 304 g/mol. The summed E-state index contributed by atoms with van der Waals surface area (Å²) in [6, 6.07) is 9.51. The van der Waals surface area contributed by atoms with E-state index in [9.17, 15) is 4.79 Å². The highest BCUT2D eigenvalue weighted by Crippen LogP contribution is 2.48. The summed E-state index contributed by atoms with van der Waals surface area (Å²) in [6.45, 7) is 1.50. The molecule has 0 bridgehead atoms. The number of hydrogen-bond donors (Lipinski definition) is 1. The second-order valence-corrected chi connectivity index (χ2v) is 5.90. The summed E-state index contributed by atoms with van der Waals surface area (Å²) in [5, 5.41) is 7.89. The van der Waals surface area contributed by atoms with Crippen molar-refractivity contribution in [1.82, 2.24) is 15.1 Å². The first kappa shape index (κ1) is 14.1. The van der Waals surface area contributed by atoms with Gasteiger partial charge in [0.15, 0.2) is 0 Å². The molecule has 1 aromatic carbocycles. The molecule has 3 rings (SSSR count). The van der Waals surface area contributed by atoms with Gasteiger partial charge in [-0.3, -0.25) is 9.48 Å². The van der Waals surface area contributed by atoms with Gasteiger partial charge in [-0.15, -0.1) is 0 Å². The van der Waals surface area contributed by atoms with Gasteiger partial charge in [-0.05, 0) is 43.0 Å². The fraction of sp³-hybridized carbons (Fsp3) is 0.375. The Morgan fingerprint density at radius 1 is 1.33 bits per heavy atom. The first-order valence-electron chi connectivity index (χ1n) is 7.22. The summed E-state index contributed by atoms with van der Waals surface area (Å²) in [5.41, 5.74) is 0.743. The van der Waals surface area contributed by atoms with E-state index < -0.39 is 0 Å². The van der Waals surface area contributed by atoms with Crippen LogP contribution < -0.4 is 5.32 Å². The minimum Gasteiger partial charge on any atom is -0.355 e. The Bertz CT molecular complexity index is 603. The van der Waals surface area contributed by atoms with E-state index >= 15 is 0 Å². The third kappa shape index (κ3) is 3.10. The second-order valence-electron chi connectivity index (χ2n) is 5.47. The minimum absolute atomic E-state index is 0.130. The Kier molecular flexibility index (Phi) is 3.97. The Hall–Kier alpha value is -1.81. The number of aromatic nitrogens is 2. The highest BCUT2D eigenvalue weighted by molar-refractivity contribution is 6.30. The minimum atomic E-state index is -0.323. The normalized spacial score (nSPS) is 15.7. The van der Waals surface area contributed by atoms with E-state index in [1.165, 1.54) is 0 Å². The van der Waals surface area contributed by atoms with Gasteiger partial charge in [-0.1, -0.05) is 23.7 Å². The molecule has 0 unspecified atom stereocenters. The zero-order chi connectivity index (χ0) is 14.7. The van der Waals surface area contributed by atoms with Crippen molar-refractivity contribution in [2.24, 2.45) is 0 Å². The highest BCUT2D eigenvalue weighted by Gasteiger charge is 2.50. The van der Waals surface area contributed by atoms with Crippen LogP contribution >= 0.6 is 11.6 Å². The van der Waals surface area contributed by atoms with Crippen LogP contribution in [0.2, 0.25) is 5.02 Å². The fourth-order valence-electron chi connectivity index (χ4n) is 2.59. The van der Waals surface area contributed by atoms with Crippen molar-refractivity contribution >= 4 is 17.5 Å². The summed E-state index contributed by atoms with van der Waals surface area (Å²) >= 11 is 5.90.